The van der Waals surface area contributed by atoms with Gasteiger partial charge in [-0.2, -0.15) is 0 Å². The van der Waals surface area contributed by atoms with Gasteiger partial charge in [-0.1, -0.05) is 79.1 Å². The van der Waals surface area contributed by atoms with Crippen LogP contribution < -0.4 is 0 Å². The fourth-order valence-electron chi connectivity index (χ4n) is 2.43. The van der Waals surface area contributed by atoms with E-state index in [1.54, 1.807) is 0 Å². The van der Waals surface area contributed by atoms with Crippen molar-refractivity contribution in [2.24, 2.45) is 0 Å². The Labute approximate surface area is 146 Å². The summed E-state index contributed by atoms with van der Waals surface area (Å²) in [5.74, 6) is 0.505. The third-order valence-electron chi connectivity index (χ3n) is 3.54. The van der Waals surface area contributed by atoms with Crippen molar-refractivity contribution < 1.29 is 32.7 Å². The molecule has 0 saturated heterocycles. The Kier molecular flexibility index (Phi) is 5.40. The number of benzene rings is 2. The normalized spacial score (nSPS) is 16.4. The van der Waals surface area contributed by atoms with Crippen molar-refractivity contribution in [3.05, 3.63) is 83.3 Å². The number of hydrogen-bond acceptors (Lipinski definition) is 0. The van der Waals surface area contributed by atoms with Gasteiger partial charge in [0.25, 0.3) is 0 Å². The zero-order valence-corrected chi connectivity index (χ0v) is 14.5. The Balaban J connectivity index is 0.00000147. The van der Waals surface area contributed by atoms with Crippen molar-refractivity contribution in [2.45, 2.75) is 12.8 Å². The molecule has 1 heteroatoms. The Morgan fingerprint density at radius 1 is 0.950 bits per heavy atom. The molecule has 1 aliphatic carbocycles. The zero-order chi connectivity index (χ0) is 13.1. The van der Waals surface area contributed by atoms with E-state index in [2.05, 4.69) is 80.1 Å². The summed E-state index contributed by atoms with van der Waals surface area (Å²) >= 11 is 0. The Hall–Kier alpha value is -1.11. The first-order chi connectivity index (χ1) is 9.33. The van der Waals surface area contributed by atoms with Gasteiger partial charge in [0.05, 0.1) is 0 Å². The van der Waals surface area contributed by atoms with Crippen LogP contribution >= 0.6 is 0 Å². The van der Waals surface area contributed by atoms with Gasteiger partial charge in [0, 0.05) is 32.7 Å². The van der Waals surface area contributed by atoms with E-state index in [9.17, 15) is 0 Å². The third kappa shape index (κ3) is 3.51. The van der Waals surface area contributed by atoms with Crippen LogP contribution in [0.2, 0.25) is 0 Å². The molecule has 0 saturated carbocycles. The predicted molar refractivity (Wildman–Crippen MR) is 83.6 cm³/mol. The summed E-state index contributed by atoms with van der Waals surface area (Å²) in [7, 11) is 0. The topological polar surface area (TPSA) is 0 Å². The van der Waals surface area contributed by atoms with Crippen molar-refractivity contribution in [3.8, 4) is 0 Å². The summed E-state index contributed by atoms with van der Waals surface area (Å²) in [6.45, 7) is 2.24. The molecule has 1 atom stereocenters. The van der Waals surface area contributed by atoms with Gasteiger partial charge in [0.1, 0.15) is 0 Å². The van der Waals surface area contributed by atoms with E-state index in [0.29, 0.717) is 5.92 Å². The molecule has 1 aliphatic rings. The van der Waals surface area contributed by atoms with Crippen LogP contribution in [0, 0.1) is 6.42 Å². The predicted octanol–water partition coefficient (Wildman–Crippen LogP) is 5.19. The molecule has 2 aromatic rings. The van der Waals surface area contributed by atoms with Crippen LogP contribution in [-0.4, -0.2) is 0 Å². The molecule has 0 bridgehead atoms. The number of fused-ring (bicyclic) bond motifs is 1. The van der Waals surface area contributed by atoms with E-state index in [1.807, 2.05) is 6.07 Å². The first-order valence-corrected chi connectivity index (χ1v) is 6.71. The largest absolute Gasteiger partial charge is 0.227 e. The summed E-state index contributed by atoms with van der Waals surface area (Å²) in [6, 6.07) is 17.1. The van der Waals surface area contributed by atoms with Crippen LogP contribution in [-0.2, 0) is 32.7 Å². The second-order valence-corrected chi connectivity index (χ2v) is 4.97. The summed E-state index contributed by atoms with van der Waals surface area (Å²) in [6.07, 6.45) is 10.9. The molecule has 1 unspecified atom stereocenters. The standard InChI is InChI=1S/C19H17.Y/c1-15-6-5-9-18-13-12-17(14-19(15)18)11-10-16-7-3-2-4-8-16;/h2-15H,1H3;/q-1;/b11-10+;. The average Bonchev–Trinajstić information content (AvgIpc) is 2.47. The molecule has 0 amide bonds. The van der Waals surface area contributed by atoms with E-state index >= 15 is 0 Å². The molecule has 20 heavy (non-hydrogen) atoms. The molecule has 3 rings (SSSR count). The summed E-state index contributed by atoms with van der Waals surface area (Å²) < 4.78 is 0. The van der Waals surface area contributed by atoms with Gasteiger partial charge in [0.2, 0.25) is 0 Å². The fraction of sp³-hybridized carbons (Fsp3) is 0.105. The molecule has 0 nitrogen and oxygen atoms in total. The third-order valence-corrected chi connectivity index (χ3v) is 3.54. The Bertz CT molecular complexity index is 623. The molecule has 0 fully saturated rings. The molecular formula is C19H17Y-. The maximum Gasteiger partial charge on any atom is 0 e. The number of rotatable bonds is 2. The Morgan fingerprint density at radius 3 is 2.50 bits per heavy atom. The SMILES string of the molecule is CC1[CH-]C=Cc2ccc(/C=C/c3ccccc3)cc21.[Y]. The minimum absolute atomic E-state index is 0. The van der Waals surface area contributed by atoms with Crippen LogP contribution in [0.15, 0.2) is 54.6 Å². The molecule has 0 aromatic heterocycles. The molecule has 0 spiro atoms. The van der Waals surface area contributed by atoms with Gasteiger partial charge >= 0.3 is 0 Å². The van der Waals surface area contributed by atoms with E-state index in [0.717, 1.165) is 0 Å². The minimum atomic E-state index is 0. The minimum Gasteiger partial charge on any atom is -0.227 e. The van der Waals surface area contributed by atoms with Gasteiger partial charge in [0.15, 0.2) is 0 Å². The van der Waals surface area contributed by atoms with E-state index in [4.69, 9.17) is 0 Å². The molecule has 2 aromatic carbocycles. The fourth-order valence-corrected chi connectivity index (χ4v) is 2.43. The van der Waals surface area contributed by atoms with E-state index in [1.165, 1.54) is 22.3 Å². The molecular weight excluding hydrogens is 317 g/mol. The summed E-state index contributed by atoms with van der Waals surface area (Å²) in [4.78, 5) is 0. The van der Waals surface area contributed by atoms with Crippen LogP contribution in [0.5, 0.6) is 0 Å². The van der Waals surface area contributed by atoms with Crippen molar-refractivity contribution in [2.75, 3.05) is 0 Å². The van der Waals surface area contributed by atoms with Gasteiger partial charge < -0.3 is 0 Å². The van der Waals surface area contributed by atoms with Gasteiger partial charge in [-0.15, -0.1) is 5.56 Å². The van der Waals surface area contributed by atoms with Crippen LogP contribution in [0.25, 0.3) is 18.2 Å². The maximum absolute atomic E-state index is 2.29. The van der Waals surface area contributed by atoms with Crippen molar-refractivity contribution in [1.82, 2.24) is 0 Å². The monoisotopic (exact) mass is 334 g/mol. The second-order valence-electron chi connectivity index (χ2n) is 4.97. The molecule has 0 N–H and O–H groups in total. The van der Waals surface area contributed by atoms with E-state index in [-0.39, 0.29) is 32.7 Å². The zero-order valence-electron chi connectivity index (χ0n) is 11.7. The molecule has 0 aliphatic heterocycles. The first kappa shape index (κ1) is 15.3. The van der Waals surface area contributed by atoms with Crippen molar-refractivity contribution in [1.29, 1.82) is 0 Å². The quantitative estimate of drug-likeness (QED) is 0.524. The number of hydrogen-bond donors (Lipinski definition) is 0. The smallest absolute Gasteiger partial charge is 0 e. The second kappa shape index (κ2) is 7.06. The molecule has 0 heterocycles. The summed E-state index contributed by atoms with van der Waals surface area (Å²) in [5.41, 5.74) is 5.25. The van der Waals surface area contributed by atoms with E-state index < -0.39 is 0 Å². The number of allylic oxidation sites excluding steroid dienone is 1. The summed E-state index contributed by atoms with van der Waals surface area (Å²) in [5, 5.41) is 0. The first-order valence-electron chi connectivity index (χ1n) is 6.71. The van der Waals surface area contributed by atoms with Gasteiger partial charge in [-0.3, -0.25) is 0 Å². The molecule has 1 radical (unpaired) electrons. The maximum atomic E-state index is 2.29. The van der Waals surface area contributed by atoms with Crippen molar-refractivity contribution in [3.63, 3.8) is 0 Å². The Morgan fingerprint density at radius 2 is 1.70 bits per heavy atom. The molecule has 97 valence electrons. The van der Waals surface area contributed by atoms with Crippen molar-refractivity contribution >= 4 is 18.2 Å². The average molecular weight is 334 g/mol. The van der Waals surface area contributed by atoms with Gasteiger partial charge in [-0.05, 0) is 11.1 Å². The van der Waals surface area contributed by atoms with Gasteiger partial charge in [-0.25, -0.2) is 18.6 Å². The van der Waals surface area contributed by atoms with Crippen LogP contribution in [0.1, 0.15) is 35.1 Å². The van der Waals surface area contributed by atoms with Crippen LogP contribution in [0.3, 0.4) is 0 Å². The van der Waals surface area contributed by atoms with Crippen LogP contribution in [0.4, 0.5) is 0 Å².